The van der Waals surface area contributed by atoms with E-state index in [1.54, 1.807) is 37.5 Å². The van der Waals surface area contributed by atoms with Gasteiger partial charge in [-0.1, -0.05) is 0 Å². The fourth-order valence-corrected chi connectivity index (χ4v) is 3.91. The summed E-state index contributed by atoms with van der Waals surface area (Å²) < 4.78 is 45.0. The molecule has 5 nitrogen and oxygen atoms in total. The molecule has 0 amide bonds. The maximum absolute atomic E-state index is 13.7. The van der Waals surface area contributed by atoms with Crippen LogP contribution in [0, 0.1) is 5.82 Å². The van der Waals surface area contributed by atoms with Crippen LogP contribution in [-0.2, 0) is 10.0 Å². The molecule has 0 bridgehead atoms. The molecule has 2 heterocycles. The number of ether oxygens (including phenoxy) is 1. The van der Waals surface area contributed by atoms with Crippen LogP contribution in [0.25, 0.3) is 11.1 Å². The molecule has 0 aliphatic carbocycles. The second kappa shape index (κ2) is 6.86. The van der Waals surface area contributed by atoms with Gasteiger partial charge in [0.05, 0.1) is 12.3 Å². The van der Waals surface area contributed by atoms with E-state index in [1.807, 2.05) is 0 Å². The number of benzene rings is 1. The number of aromatic nitrogens is 1. The number of hydrogen-bond donors (Lipinski definition) is 0. The smallest absolute Gasteiger partial charge is 0.213 e. The van der Waals surface area contributed by atoms with Gasteiger partial charge < -0.3 is 4.74 Å². The first kappa shape index (κ1) is 16.9. The average Bonchev–Trinajstić information content (AvgIpc) is 3.07. The minimum Gasteiger partial charge on any atom is -0.488 e. The predicted molar refractivity (Wildman–Crippen MR) is 89.7 cm³/mol. The van der Waals surface area contributed by atoms with Gasteiger partial charge in [0, 0.05) is 24.5 Å². The number of nitrogens with zero attached hydrogens (tertiary/aromatic N) is 2. The van der Waals surface area contributed by atoms with E-state index in [9.17, 15) is 12.8 Å². The van der Waals surface area contributed by atoms with Gasteiger partial charge >= 0.3 is 0 Å². The largest absolute Gasteiger partial charge is 0.488 e. The lowest BCUT2D eigenvalue weighted by atomic mass is 10.1. The van der Waals surface area contributed by atoms with Gasteiger partial charge in [-0.05, 0) is 49.2 Å². The van der Waals surface area contributed by atoms with E-state index >= 15 is 0 Å². The lowest BCUT2D eigenvalue weighted by Gasteiger charge is -2.18. The molecule has 128 valence electrons. The number of pyridine rings is 1. The first-order chi connectivity index (χ1) is 11.5. The van der Waals surface area contributed by atoms with Crippen LogP contribution in [0.5, 0.6) is 5.75 Å². The van der Waals surface area contributed by atoms with E-state index in [2.05, 4.69) is 4.98 Å². The third kappa shape index (κ3) is 3.57. The normalized spacial score (nSPS) is 18.7. The van der Waals surface area contributed by atoms with Gasteiger partial charge in [0.15, 0.2) is 0 Å². The lowest BCUT2D eigenvalue weighted by Crippen LogP contribution is -2.32. The zero-order chi connectivity index (χ0) is 17.2. The van der Waals surface area contributed by atoms with Crippen LogP contribution in [0.3, 0.4) is 0 Å². The second-order valence-corrected chi connectivity index (χ2v) is 7.92. The summed E-state index contributed by atoms with van der Waals surface area (Å²) >= 11 is 0. The van der Waals surface area contributed by atoms with Gasteiger partial charge in [-0.2, -0.15) is 4.31 Å². The van der Waals surface area contributed by atoms with Gasteiger partial charge in [0.1, 0.15) is 17.7 Å². The number of hydrogen-bond acceptors (Lipinski definition) is 4. The molecule has 1 aliphatic rings. The Bertz CT molecular complexity index is 812. The van der Waals surface area contributed by atoms with Gasteiger partial charge in [-0.15, -0.1) is 0 Å². The van der Waals surface area contributed by atoms with Crippen molar-refractivity contribution < 1.29 is 17.5 Å². The van der Waals surface area contributed by atoms with Crippen molar-refractivity contribution in [3.05, 3.63) is 48.5 Å². The highest BCUT2D eigenvalue weighted by atomic mass is 32.2. The van der Waals surface area contributed by atoms with Crippen LogP contribution in [0.15, 0.2) is 42.7 Å². The highest BCUT2D eigenvalue weighted by molar-refractivity contribution is 7.89. The summed E-state index contributed by atoms with van der Waals surface area (Å²) in [5.41, 5.74) is 1.43. The van der Waals surface area contributed by atoms with Crippen LogP contribution < -0.4 is 4.74 Å². The SMILES string of the molecule is CCS(=O)(=O)N1CCC(Oc2ccc(F)cc2-c2ccncc2)C1. The third-order valence-electron chi connectivity index (χ3n) is 4.09. The molecule has 1 aliphatic heterocycles. The second-order valence-electron chi connectivity index (χ2n) is 5.66. The highest BCUT2D eigenvalue weighted by Gasteiger charge is 2.31. The topological polar surface area (TPSA) is 59.5 Å². The molecule has 1 saturated heterocycles. The molecular formula is C17H19FN2O3S. The summed E-state index contributed by atoms with van der Waals surface area (Å²) in [5, 5.41) is 0. The van der Waals surface area contributed by atoms with Gasteiger partial charge in [-0.3, -0.25) is 4.98 Å². The number of sulfonamides is 1. The Labute approximate surface area is 141 Å². The Hall–Kier alpha value is -1.99. The molecule has 3 rings (SSSR count). The molecule has 0 spiro atoms. The predicted octanol–water partition coefficient (Wildman–Crippen LogP) is 2.69. The quantitative estimate of drug-likeness (QED) is 0.832. The highest BCUT2D eigenvalue weighted by Crippen LogP contribution is 2.32. The first-order valence-electron chi connectivity index (χ1n) is 7.84. The van der Waals surface area contributed by atoms with Crippen molar-refractivity contribution in [2.75, 3.05) is 18.8 Å². The van der Waals surface area contributed by atoms with Crippen LogP contribution in [-0.4, -0.2) is 42.7 Å². The Morgan fingerprint density at radius 2 is 2.04 bits per heavy atom. The number of rotatable bonds is 5. The molecule has 0 radical (unpaired) electrons. The molecule has 7 heteroatoms. The van der Waals surface area contributed by atoms with Crippen LogP contribution in [0.4, 0.5) is 4.39 Å². The molecule has 1 fully saturated rings. The summed E-state index contributed by atoms with van der Waals surface area (Å²) in [7, 11) is -3.21. The Morgan fingerprint density at radius 3 is 2.75 bits per heavy atom. The summed E-state index contributed by atoms with van der Waals surface area (Å²) in [6, 6.07) is 7.91. The molecule has 24 heavy (non-hydrogen) atoms. The Morgan fingerprint density at radius 1 is 1.29 bits per heavy atom. The fourth-order valence-electron chi connectivity index (χ4n) is 2.77. The minimum atomic E-state index is -3.21. The van der Waals surface area contributed by atoms with Crippen LogP contribution in [0.2, 0.25) is 0 Å². The van der Waals surface area contributed by atoms with E-state index in [0.717, 1.165) is 5.56 Å². The van der Waals surface area contributed by atoms with Gasteiger partial charge in [-0.25, -0.2) is 12.8 Å². The molecule has 1 unspecified atom stereocenters. The van der Waals surface area contributed by atoms with Crippen LogP contribution in [0.1, 0.15) is 13.3 Å². The zero-order valence-electron chi connectivity index (χ0n) is 13.4. The molecule has 0 N–H and O–H groups in total. The summed E-state index contributed by atoms with van der Waals surface area (Å²) in [5.74, 6) is 0.276. The standard InChI is InChI=1S/C17H19FN2O3S/c1-2-24(21,22)20-10-7-15(12-20)23-17-4-3-14(18)11-16(17)13-5-8-19-9-6-13/h3-6,8-9,11,15H,2,7,10,12H2,1H3. The zero-order valence-corrected chi connectivity index (χ0v) is 14.2. The Kier molecular flexibility index (Phi) is 4.82. The maximum atomic E-state index is 13.7. The average molecular weight is 350 g/mol. The molecule has 0 saturated carbocycles. The van der Waals surface area contributed by atoms with Crippen molar-refractivity contribution in [3.8, 4) is 16.9 Å². The van der Waals surface area contributed by atoms with E-state index in [0.29, 0.717) is 30.8 Å². The minimum absolute atomic E-state index is 0.0819. The lowest BCUT2D eigenvalue weighted by molar-refractivity contribution is 0.216. The molecule has 1 aromatic carbocycles. The third-order valence-corrected chi connectivity index (χ3v) is 5.94. The summed E-state index contributed by atoms with van der Waals surface area (Å²) in [4.78, 5) is 3.96. The van der Waals surface area contributed by atoms with Crippen molar-refractivity contribution in [3.63, 3.8) is 0 Å². The fraction of sp³-hybridized carbons (Fsp3) is 0.353. The first-order valence-corrected chi connectivity index (χ1v) is 9.45. The van der Waals surface area contributed by atoms with Crippen LogP contribution >= 0.6 is 0 Å². The van der Waals surface area contributed by atoms with Crippen molar-refractivity contribution in [1.29, 1.82) is 0 Å². The van der Waals surface area contributed by atoms with E-state index in [1.165, 1.54) is 16.4 Å². The van der Waals surface area contributed by atoms with Crippen molar-refractivity contribution in [1.82, 2.24) is 9.29 Å². The summed E-state index contributed by atoms with van der Waals surface area (Å²) in [6.07, 6.45) is 3.65. The van der Waals surface area contributed by atoms with Gasteiger partial charge in [0.25, 0.3) is 0 Å². The van der Waals surface area contributed by atoms with E-state index in [-0.39, 0.29) is 17.7 Å². The molecule has 2 aromatic rings. The maximum Gasteiger partial charge on any atom is 0.213 e. The van der Waals surface area contributed by atoms with E-state index < -0.39 is 10.0 Å². The summed E-state index contributed by atoms with van der Waals surface area (Å²) in [6.45, 7) is 2.40. The molecule has 1 aromatic heterocycles. The van der Waals surface area contributed by atoms with Crippen molar-refractivity contribution in [2.45, 2.75) is 19.4 Å². The monoisotopic (exact) mass is 350 g/mol. The Balaban J connectivity index is 1.82. The molecular weight excluding hydrogens is 331 g/mol. The molecule has 1 atom stereocenters. The van der Waals surface area contributed by atoms with Crippen molar-refractivity contribution in [2.24, 2.45) is 0 Å². The van der Waals surface area contributed by atoms with Crippen molar-refractivity contribution >= 4 is 10.0 Å². The van der Waals surface area contributed by atoms with E-state index in [4.69, 9.17) is 4.74 Å². The van der Waals surface area contributed by atoms with Gasteiger partial charge in [0.2, 0.25) is 10.0 Å². The number of halogens is 1.